The summed E-state index contributed by atoms with van der Waals surface area (Å²) in [7, 11) is 0. The van der Waals surface area contributed by atoms with Crippen molar-refractivity contribution in [3.63, 3.8) is 0 Å². The number of benzene rings is 2. The van der Waals surface area contributed by atoms with Crippen molar-refractivity contribution in [2.24, 2.45) is 5.10 Å². The second-order valence-corrected chi connectivity index (χ2v) is 5.09. The first-order valence-corrected chi connectivity index (χ1v) is 6.74. The molecule has 0 fully saturated rings. The lowest BCUT2D eigenvalue weighted by Crippen LogP contribution is -2.24. The highest BCUT2D eigenvalue weighted by atomic mass is 79.9. The van der Waals surface area contributed by atoms with Crippen LogP contribution < -0.4 is 0 Å². The highest BCUT2D eigenvalue weighted by Gasteiger charge is 2.35. The fourth-order valence-electron chi connectivity index (χ4n) is 1.98. The fraction of sp³-hybridized carbons (Fsp3) is 0. The topological polar surface area (TPSA) is 49.7 Å². The van der Waals surface area contributed by atoms with E-state index in [2.05, 4.69) is 21.0 Å². The molecular weight excluding hydrogens is 320 g/mol. The standard InChI is InChI=1S/C15H9BrN2O2/c16-13-8-4-1-5-10(13)9-17-18-14(19)11-6-2-3-7-12(11)15(18)20/h1-9H/b17-9+. The van der Waals surface area contributed by atoms with E-state index in [0.29, 0.717) is 11.1 Å². The first-order valence-electron chi connectivity index (χ1n) is 5.95. The predicted molar refractivity (Wildman–Crippen MR) is 78.7 cm³/mol. The Morgan fingerprint density at radius 1 is 0.900 bits per heavy atom. The van der Waals surface area contributed by atoms with E-state index < -0.39 is 11.8 Å². The van der Waals surface area contributed by atoms with Crippen LogP contribution in [0.1, 0.15) is 26.3 Å². The van der Waals surface area contributed by atoms with Gasteiger partial charge in [0.05, 0.1) is 17.3 Å². The smallest absolute Gasteiger partial charge is 0.267 e. The zero-order valence-electron chi connectivity index (χ0n) is 10.3. The number of fused-ring (bicyclic) bond motifs is 1. The van der Waals surface area contributed by atoms with Gasteiger partial charge in [0.1, 0.15) is 0 Å². The van der Waals surface area contributed by atoms with Crippen molar-refractivity contribution in [1.82, 2.24) is 5.01 Å². The van der Waals surface area contributed by atoms with E-state index in [1.807, 2.05) is 24.3 Å². The van der Waals surface area contributed by atoms with E-state index in [1.54, 1.807) is 24.3 Å². The average molecular weight is 329 g/mol. The Balaban J connectivity index is 1.93. The van der Waals surface area contributed by atoms with E-state index in [1.165, 1.54) is 6.21 Å². The van der Waals surface area contributed by atoms with Gasteiger partial charge in [0.25, 0.3) is 11.8 Å². The Morgan fingerprint density at radius 3 is 2.05 bits per heavy atom. The van der Waals surface area contributed by atoms with E-state index >= 15 is 0 Å². The molecule has 0 aromatic heterocycles. The van der Waals surface area contributed by atoms with Crippen molar-refractivity contribution in [2.45, 2.75) is 0 Å². The van der Waals surface area contributed by atoms with Gasteiger partial charge in [-0.25, -0.2) is 0 Å². The molecule has 0 spiro atoms. The molecule has 1 heterocycles. The third-order valence-corrected chi connectivity index (χ3v) is 3.71. The summed E-state index contributed by atoms with van der Waals surface area (Å²) < 4.78 is 0.848. The third kappa shape index (κ3) is 2.06. The molecule has 0 radical (unpaired) electrons. The molecule has 98 valence electrons. The number of hydrogen-bond donors (Lipinski definition) is 0. The monoisotopic (exact) mass is 328 g/mol. The Morgan fingerprint density at radius 2 is 1.45 bits per heavy atom. The minimum Gasteiger partial charge on any atom is -0.267 e. The van der Waals surface area contributed by atoms with Crippen LogP contribution in [-0.2, 0) is 0 Å². The number of amides is 2. The van der Waals surface area contributed by atoms with Crippen molar-refractivity contribution in [3.05, 3.63) is 69.7 Å². The molecule has 2 aromatic rings. The molecule has 4 nitrogen and oxygen atoms in total. The normalized spacial score (nSPS) is 14.2. The fourth-order valence-corrected chi connectivity index (χ4v) is 2.37. The van der Waals surface area contributed by atoms with Crippen LogP contribution in [0.15, 0.2) is 58.1 Å². The number of hydrazone groups is 1. The van der Waals surface area contributed by atoms with Gasteiger partial charge in [-0.15, -0.1) is 0 Å². The summed E-state index contributed by atoms with van der Waals surface area (Å²) in [6.07, 6.45) is 1.49. The summed E-state index contributed by atoms with van der Waals surface area (Å²) in [5, 5.41) is 4.90. The van der Waals surface area contributed by atoms with E-state index in [0.717, 1.165) is 15.0 Å². The van der Waals surface area contributed by atoms with Gasteiger partial charge in [0, 0.05) is 10.0 Å². The molecule has 5 heteroatoms. The van der Waals surface area contributed by atoms with Crippen LogP contribution in [0.4, 0.5) is 0 Å². The third-order valence-electron chi connectivity index (χ3n) is 2.99. The first-order chi connectivity index (χ1) is 9.68. The van der Waals surface area contributed by atoms with Crippen LogP contribution in [0, 0.1) is 0 Å². The molecular formula is C15H9BrN2O2. The summed E-state index contributed by atoms with van der Waals surface area (Å²) in [5.41, 5.74) is 1.58. The summed E-state index contributed by atoms with van der Waals surface area (Å²) >= 11 is 3.38. The Kier molecular flexibility index (Phi) is 3.20. The Hall–Kier alpha value is -2.27. The van der Waals surface area contributed by atoms with Gasteiger partial charge in [-0.1, -0.05) is 46.3 Å². The number of carbonyl (C=O) groups excluding carboxylic acids is 2. The van der Waals surface area contributed by atoms with E-state index in [4.69, 9.17) is 0 Å². The minimum atomic E-state index is -0.395. The maximum atomic E-state index is 12.1. The van der Waals surface area contributed by atoms with Crippen LogP contribution >= 0.6 is 15.9 Å². The molecule has 2 amide bonds. The molecule has 2 aromatic carbocycles. The predicted octanol–water partition coefficient (Wildman–Crippen LogP) is 3.08. The average Bonchev–Trinajstić information content (AvgIpc) is 2.71. The number of nitrogens with zero attached hydrogens (tertiary/aromatic N) is 2. The molecule has 0 saturated heterocycles. The number of imide groups is 1. The zero-order valence-corrected chi connectivity index (χ0v) is 11.9. The van der Waals surface area contributed by atoms with Crippen LogP contribution in [0.2, 0.25) is 0 Å². The van der Waals surface area contributed by atoms with Gasteiger partial charge < -0.3 is 0 Å². The summed E-state index contributed by atoms with van der Waals surface area (Å²) in [6, 6.07) is 14.1. The molecule has 1 aliphatic rings. The van der Waals surface area contributed by atoms with Crippen molar-refractivity contribution >= 4 is 34.0 Å². The molecule has 0 unspecified atom stereocenters. The minimum absolute atomic E-state index is 0.391. The molecule has 0 saturated carbocycles. The maximum Gasteiger partial charge on any atom is 0.282 e. The number of carbonyl (C=O) groups is 2. The lowest BCUT2D eigenvalue weighted by Gasteiger charge is -2.05. The maximum absolute atomic E-state index is 12.1. The molecule has 0 N–H and O–H groups in total. The van der Waals surface area contributed by atoms with Gasteiger partial charge in [0.2, 0.25) is 0 Å². The van der Waals surface area contributed by atoms with Crippen molar-refractivity contribution in [2.75, 3.05) is 0 Å². The molecule has 1 aliphatic heterocycles. The van der Waals surface area contributed by atoms with Crippen LogP contribution in [0.25, 0.3) is 0 Å². The molecule has 3 rings (SSSR count). The molecule has 0 aliphatic carbocycles. The largest absolute Gasteiger partial charge is 0.282 e. The second-order valence-electron chi connectivity index (χ2n) is 4.23. The van der Waals surface area contributed by atoms with Crippen molar-refractivity contribution in [3.8, 4) is 0 Å². The van der Waals surface area contributed by atoms with Gasteiger partial charge in [-0.3, -0.25) is 9.59 Å². The summed E-state index contributed by atoms with van der Waals surface area (Å²) in [5.74, 6) is -0.789. The highest BCUT2D eigenvalue weighted by molar-refractivity contribution is 9.10. The van der Waals surface area contributed by atoms with Crippen LogP contribution in [0.5, 0.6) is 0 Å². The van der Waals surface area contributed by atoms with Crippen molar-refractivity contribution in [1.29, 1.82) is 0 Å². The van der Waals surface area contributed by atoms with Gasteiger partial charge >= 0.3 is 0 Å². The van der Waals surface area contributed by atoms with Crippen LogP contribution in [-0.4, -0.2) is 23.0 Å². The van der Waals surface area contributed by atoms with Gasteiger partial charge in [-0.2, -0.15) is 10.1 Å². The zero-order chi connectivity index (χ0) is 14.1. The number of halogens is 1. The lowest BCUT2D eigenvalue weighted by molar-refractivity contribution is 0.0660. The Bertz CT molecular complexity index is 705. The second kappa shape index (κ2) is 5.02. The SMILES string of the molecule is O=C1c2ccccc2C(=O)N1/N=C/c1ccccc1Br. The summed E-state index contributed by atoms with van der Waals surface area (Å²) in [6.45, 7) is 0. The lowest BCUT2D eigenvalue weighted by atomic mass is 10.1. The van der Waals surface area contributed by atoms with E-state index in [-0.39, 0.29) is 0 Å². The summed E-state index contributed by atoms with van der Waals surface area (Å²) in [4.78, 5) is 24.2. The van der Waals surface area contributed by atoms with Gasteiger partial charge in [-0.05, 0) is 18.2 Å². The number of rotatable bonds is 2. The van der Waals surface area contributed by atoms with Crippen molar-refractivity contribution < 1.29 is 9.59 Å². The highest BCUT2D eigenvalue weighted by Crippen LogP contribution is 2.23. The first kappa shape index (κ1) is 12.7. The quantitative estimate of drug-likeness (QED) is 0.628. The molecule has 0 atom stereocenters. The number of hydrogen-bond acceptors (Lipinski definition) is 3. The Labute approximate surface area is 123 Å². The molecule has 20 heavy (non-hydrogen) atoms. The van der Waals surface area contributed by atoms with Crippen LogP contribution in [0.3, 0.4) is 0 Å². The van der Waals surface area contributed by atoms with Gasteiger partial charge in [0.15, 0.2) is 0 Å². The molecule has 0 bridgehead atoms. The van der Waals surface area contributed by atoms with E-state index in [9.17, 15) is 9.59 Å².